The van der Waals surface area contributed by atoms with E-state index in [0.717, 1.165) is 13.1 Å². The Labute approximate surface area is 197 Å². The molecule has 172 valence electrons. The van der Waals surface area contributed by atoms with E-state index in [1.807, 2.05) is 18.2 Å². The van der Waals surface area contributed by atoms with Gasteiger partial charge in [-0.25, -0.2) is 4.98 Å². The highest BCUT2D eigenvalue weighted by molar-refractivity contribution is 6.31. The lowest BCUT2D eigenvalue weighted by molar-refractivity contribution is -0.116. The fourth-order valence-corrected chi connectivity index (χ4v) is 4.08. The molecular weight excluding hydrogens is 442 g/mol. The summed E-state index contributed by atoms with van der Waals surface area (Å²) in [6.45, 7) is 4.57. The summed E-state index contributed by atoms with van der Waals surface area (Å²) in [5.41, 5.74) is 1.97. The zero-order chi connectivity index (χ0) is 23.4. The highest BCUT2D eigenvalue weighted by Gasteiger charge is 2.23. The van der Waals surface area contributed by atoms with Crippen LogP contribution in [0, 0.1) is 6.92 Å². The summed E-state index contributed by atoms with van der Waals surface area (Å²) in [4.78, 5) is 34.6. The Morgan fingerprint density at radius 3 is 2.45 bits per heavy atom. The molecule has 2 aromatic carbocycles. The lowest BCUT2D eigenvalue weighted by atomic mass is 10.2. The third-order valence-electron chi connectivity index (χ3n) is 5.54. The molecule has 1 aliphatic heterocycles. The Kier molecular flexibility index (Phi) is 6.84. The summed E-state index contributed by atoms with van der Waals surface area (Å²) >= 11 is 6.06. The lowest BCUT2D eigenvalue weighted by Crippen LogP contribution is -2.48. The van der Waals surface area contributed by atoms with Crippen LogP contribution >= 0.6 is 11.6 Å². The molecule has 1 aromatic heterocycles. The summed E-state index contributed by atoms with van der Waals surface area (Å²) in [6, 6.07) is 16.6. The van der Waals surface area contributed by atoms with Gasteiger partial charge in [0, 0.05) is 48.6 Å². The van der Waals surface area contributed by atoms with Gasteiger partial charge in [-0.2, -0.15) is 0 Å². The minimum Gasteiger partial charge on any atom is -0.495 e. The summed E-state index contributed by atoms with van der Waals surface area (Å²) in [7, 11) is 1.51. The van der Waals surface area contributed by atoms with Crippen molar-refractivity contribution >= 4 is 34.8 Å². The van der Waals surface area contributed by atoms with Crippen LogP contribution in [0.4, 0.5) is 17.3 Å². The van der Waals surface area contributed by atoms with Crippen molar-refractivity contribution in [3.8, 4) is 5.75 Å². The van der Waals surface area contributed by atoms with Crippen LogP contribution in [0.25, 0.3) is 0 Å². The van der Waals surface area contributed by atoms with Crippen LogP contribution in [0.1, 0.15) is 5.69 Å². The fraction of sp³-hybridized carbons (Fsp3) is 0.292. The average Bonchev–Trinajstić information content (AvgIpc) is 2.81. The number of hydrogen-bond acceptors (Lipinski definition) is 6. The number of carbonyl (C=O) groups is 1. The van der Waals surface area contributed by atoms with Gasteiger partial charge in [-0.05, 0) is 37.3 Å². The molecular formula is C24H26ClN5O3. The van der Waals surface area contributed by atoms with Gasteiger partial charge in [0.05, 0.1) is 12.8 Å². The van der Waals surface area contributed by atoms with Crippen molar-refractivity contribution in [1.82, 2.24) is 9.55 Å². The monoisotopic (exact) mass is 467 g/mol. The molecule has 1 N–H and O–H groups in total. The van der Waals surface area contributed by atoms with Gasteiger partial charge >= 0.3 is 0 Å². The number of carbonyl (C=O) groups excluding carboxylic acids is 1. The number of aryl methyl sites for hydroxylation is 1. The number of ether oxygens (including phenoxy) is 1. The second-order valence-electron chi connectivity index (χ2n) is 7.82. The number of para-hydroxylation sites is 1. The molecule has 0 spiro atoms. The van der Waals surface area contributed by atoms with E-state index in [9.17, 15) is 9.59 Å². The molecule has 8 nitrogen and oxygen atoms in total. The first-order valence-electron chi connectivity index (χ1n) is 10.7. The van der Waals surface area contributed by atoms with E-state index < -0.39 is 0 Å². The van der Waals surface area contributed by atoms with Crippen molar-refractivity contribution < 1.29 is 9.53 Å². The van der Waals surface area contributed by atoms with Crippen LogP contribution in [-0.4, -0.2) is 48.7 Å². The van der Waals surface area contributed by atoms with Crippen molar-refractivity contribution in [2.24, 2.45) is 0 Å². The van der Waals surface area contributed by atoms with E-state index in [0.29, 0.717) is 41.2 Å². The minimum atomic E-state index is -0.368. The molecule has 3 aromatic rings. The predicted molar refractivity (Wildman–Crippen MR) is 131 cm³/mol. The lowest BCUT2D eigenvalue weighted by Gasteiger charge is -2.37. The Bertz CT molecular complexity index is 1190. The van der Waals surface area contributed by atoms with Gasteiger partial charge in [0.25, 0.3) is 5.56 Å². The van der Waals surface area contributed by atoms with Crippen LogP contribution in [0.15, 0.2) is 59.4 Å². The number of aromatic nitrogens is 2. The number of piperazine rings is 1. The first-order chi connectivity index (χ1) is 15.9. The van der Waals surface area contributed by atoms with Crippen molar-refractivity contribution in [1.29, 1.82) is 0 Å². The van der Waals surface area contributed by atoms with Crippen molar-refractivity contribution in [2.45, 2.75) is 13.5 Å². The van der Waals surface area contributed by atoms with E-state index in [1.165, 1.54) is 23.4 Å². The SMILES string of the molecule is COc1ccc(Cl)cc1NC(=O)Cn1c(N2CCN(c3ccccc3)CC2)nc(C)cc1=O. The number of nitrogens with zero attached hydrogens (tertiary/aromatic N) is 4. The van der Waals surface area contributed by atoms with E-state index in [-0.39, 0.29) is 18.0 Å². The molecule has 1 fully saturated rings. The maximum atomic E-state index is 12.8. The third kappa shape index (κ3) is 5.28. The molecule has 1 aliphatic rings. The van der Waals surface area contributed by atoms with Crippen LogP contribution in [-0.2, 0) is 11.3 Å². The largest absolute Gasteiger partial charge is 0.495 e. The van der Waals surface area contributed by atoms with E-state index >= 15 is 0 Å². The second kappa shape index (κ2) is 9.95. The van der Waals surface area contributed by atoms with E-state index in [4.69, 9.17) is 16.3 Å². The van der Waals surface area contributed by atoms with Crippen molar-refractivity contribution in [2.75, 3.05) is 48.4 Å². The zero-order valence-corrected chi connectivity index (χ0v) is 19.4. The van der Waals surface area contributed by atoms with Gasteiger partial charge in [-0.1, -0.05) is 29.8 Å². The molecule has 1 saturated heterocycles. The van der Waals surface area contributed by atoms with Crippen molar-refractivity contribution in [3.63, 3.8) is 0 Å². The second-order valence-corrected chi connectivity index (χ2v) is 8.26. The molecule has 0 bridgehead atoms. The van der Waals surface area contributed by atoms with E-state index in [2.05, 4.69) is 32.2 Å². The topological polar surface area (TPSA) is 79.7 Å². The number of halogens is 1. The van der Waals surface area contributed by atoms with Crippen molar-refractivity contribution in [3.05, 3.63) is 75.7 Å². The maximum Gasteiger partial charge on any atom is 0.255 e. The molecule has 0 atom stereocenters. The number of nitrogens with one attached hydrogen (secondary N) is 1. The van der Waals surface area contributed by atoms with E-state index in [1.54, 1.807) is 25.1 Å². The molecule has 0 saturated carbocycles. The number of amides is 1. The Balaban J connectivity index is 1.52. The molecule has 2 heterocycles. The highest BCUT2D eigenvalue weighted by atomic mass is 35.5. The summed E-state index contributed by atoms with van der Waals surface area (Å²) < 4.78 is 6.70. The molecule has 9 heteroatoms. The summed E-state index contributed by atoms with van der Waals surface area (Å²) in [5.74, 6) is 0.618. The molecule has 4 rings (SSSR count). The number of hydrogen-bond donors (Lipinski definition) is 1. The summed E-state index contributed by atoms with van der Waals surface area (Å²) in [5, 5.41) is 3.26. The Morgan fingerprint density at radius 1 is 1.06 bits per heavy atom. The van der Waals surface area contributed by atoms with Crippen LogP contribution < -0.4 is 25.4 Å². The Hall–Kier alpha value is -3.52. The zero-order valence-electron chi connectivity index (χ0n) is 18.6. The standard InChI is InChI=1S/C24H26ClN5O3/c1-17-14-23(32)30(16-22(31)27-20-15-18(25)8-9-21(20)33-2)24(26-17)29-12-10-28(11-13-29)19-6-4-3-5-7-19/h3-9,14-15H,10-13,16H2,1-2H3,(H,27,31). The molecule has 1 amide bonds. The number of anilines is 3. The third-order valence-corrected chi connectivity index (χ3v) is 5.77. The van der Waals surface area contributed by atoms with Crippen LogP contribution in [0.5, 0.6) is 5.75 Å². The van der Waals surface area contributed by atoms with Gasteiger partial charge in [-0.3, -0.25) is 14.2 Å². The quantitative estimate of drug-likeness (QED) is 0.599. The normalized spacial score (nSPS) is 13.7. The van der Waals surface area contributed by atoms with Gasteiger partial charge in [0.15, 0.2) is 0 Å². The van der Waals surface area contributed by atoms with Gasteiger partial charge < -0.3 is 19.9 Å². The highest BCUT2D eigenvalue weighted by Crippen LogP contribution is 2.27. The molecule has 0 radical (unpaired) electrons. The predicted octanol–water partition coefficient (Wildman–Crippen LogP) is 3.18. The summed E-state index contributed by atoms with van der Waals surface area (Å²) in [6.07, 6.45) is 0. The molecule has 0 aliphatic carbocycles. The number of methoxy groups -OCH3 is 1. The molecule has 0 unspecified atom stereocenters. The maximum absolute atomic E-state index is 12.8. The number of benzene rings is 2. The first kappa shape index (κ1) is 22.7. The van der Waals surface area contributed by atoms with Gasteiger partial charge in [-0.15, -0.1) is 0 Å². The smallest absolute Gasteiger partial charge is 0.255 e. The van der Waals surface area contributed by atoms with Gasteiger partial charge in [0.2, 0.25) is 11.9 Å². The first-order valence-corrected chi connectivity index (χ1v) is 11.1. The Morgan fingerprint density at radius 2 is 1.76 bits per heavy atom. The molecule has 33 heavy (non-hydrogen) atoms. The average molecular weight is 468 g/mol. The number of rotatable bonds is 6. The van der Waals surface area contributed by atoms with Crippen LogP contribution in [0.3, 0.4) is 0 Å². The van der Waals surface area contributed by atoms with Crippen LogP contribution in [0.2, 0.25) is 5.02 Å². The van der Waals surface area contributed by atoms with Gasteiger partial charge in [0.1, 0.15) is 12.3 Å². The minimum absolute atomic E-state index is 0.171. The fourth-order valence-electron chi connectivity index (χ4n) is 3.91.